The molecule has 1 unspecified atom stereocenters. The van der Waals surface area contributed by atoms with Gasteiger partial charge < -0.3 is 9.47 Å². The number of hydrogen-bond donors (Lipinski definition) is 0. The predicted molar refractivity (Wildman–Crippen MR) is 84.0 cm³/mol. The summed E-state index contributed by atoms with van der Waals surface area (Å²) >= 11 is 0. The molecule has 1 atom stereocenters. The van der Waals surface area contributed by atoms with Gasteiger partial charge in [0.2, 0.25) is 0 Å². The van der Waals surface area contributed by atoms with Crippen molar-refractivity contribution in [2.75, 3.05) is 6.61 Å². The molecule has 0 N–H and O–H groups in total. The topological polar surface area (TPSA) is 35.5 Å². The van der Waals surface area contributed by atoms with Gasteiger partial charge in [-0.15, -0.1) is 0 Å². The van der Waals surface area contributed by atoms with E-state index in [1.165, 1.54) is 0 Å². The molecule has 0 radical (unpaired) electrons. The lowest BCUT2D eigenvalue weighted by molar-refractivity contribution is -0.134. The van der Waals surface area contributed by atoms with E-state index in [9.17, 15) is 4.79 Å². The molecule has 0 amide bonds. The first-order chi connectivity index (χ1) is 8.71. The molecule has 0 aliphatic carbocycles. The van der Waals surface area contributed by atoms with Crippen LogP contribution < -0.4 is 0 Å². The van der Waals surface area contributed by atoms with Crippen molar-refractivity contribution in [2.45, 2.75) is 92.5 Å². The van der Waals surface area contributed by atoms with Crippen molar-refractivity contribution in [3.05, 3.63) is 0 Å². The van der Waals surface area contributed by atoms with Crippen molar-refractivity contribution < 1.29 is 14.3 Å². The SMILES string of the molecule is CC(C)(C)OCC(CCC(=O)C(C)(C)C)OC(C)(C)C. The molecule has 20 heavy (non-hydrogen) atoms. The summed E-state index contributed by atoms with van der Waals surface area (Å²) in [6, 6.07) is 0. The molecule has 3 heteroatoms. The Kier molecular flexibility index (Phi) is 6.89. The van der Waals surface area contributed by atoms with Gasteiger partial charge in [-0.05, 0) is 48.0 Å². The lowest BCUT2D eigenvalue weighted by Crippen LogP contribution is -2.34. The highest BCUT2D eigenvalue weighted by Crippen LogP contribution is 2.22. The fourth-order valence-corrected chi connectivity index (χ4v) is 1.69. The van der Waals surface area contributed by atoms with Crippen molar-refractivity contribution in [1.82, 2.24) is 0 Å². The lowest BCUT2D eigenvalue weighted by Gasteiger charge is -2.30. The van der Waals surface area contributed by atoms with E-state index < -0.39 is 0 Å². The average molecular weight is 286 g/mol. The molecule has 0 bridgehead atoms. The summed E-state index contributed by atoms with van der Waals surface area (Å²) in [5, 5.41) is 0. The maximum absolute atomic E-state index is 12.0. The van der Waals surface area contributed by atoms with Crippen LogP contribution in [0, 0.1) is 5.41 Å². The van der Waals surface area contributed by atoms with Crippen molar-refractivity contribution in [3.8, 4) is 0 Å². The molecule has 0 aromatic heterocycles. The third kappa shape index (κ3) is 10.4. The van der Waals surface area contributed by atoms with Gasteiger partial charge in [-0.1, -0.05) is 20.8 Å². The summed E-state index contributed by atoms with van der Waals surface area (Å²) in [6.45, 7) is 18.6. The van der Waals surface area contributed by atoms with Crippen LogP contribution >= 0.6 is 0 Å². The molecular weight excluding hydrogens is 252 g/mol. The number of Topliss-reactive ketones (excluding diaryl/α,β-unsaturated/α-hetero) is 1. The minimum absolute atomic E-state index is 0.0412. The first kappa shape index (κ1) is 19.6. The molecule has 0 spiro atoms. The summed E-state index contributed by atoms with van der Waals surface area (Å²) in [5.74, 6) is 0.274. The molecule has 0 heterocycles. The Bertz CT molecular complexity index is 300. The largest absolute Gasteiger partial charge is 0.373 e. The fraction of sp³-hybridized carbons (Fsp3) is 0.941. The molecule has 0 saturated carbocycles. The highest BCUT2D eigenvalue weighted by atomic mass is 16.6. The zero-order chi connectivity index (χ0) is 16.2. The molecule has 0 fully saturated rings. The fourth-order valence-electron chi connectivity index (χ4n) is 1.69. The minimum atomic E-state index is -0.281. The first-order valence-corrected chi connectivity index (χ1v) is 7.56. The molecule has 120 valence electrons. The van der Waals surface area contributed by atoms with Crippen LogP contribution in [0.15, 0.2) is 0 Å². The smallest absolute Gasteiger partial charge is 0.138 e. The molecule has 0 aliphatic heterocycles. The van der Waals surface area contributed by atoms with Crippen LogP contribution in [0.2, 0.25) is 0 Å². The Hall–Kier alpha value is -0.410. The van der Waals surface area contributed by atoms with E-state index in [0.717, 1.165) is 0 Å². The van der Waals surface area contributed by atoms with Crippen LogP contribution in [-0.4, -0.2) is 29.7 Å². The Morgan fingerprint density at radius 1 is 0.900 bits per heavy atom. The van der Waals surface area contributed by atoms with Crippen molar-refractivity contribution in [1.29, 1.82) is 0 Å². The van der Waals surface area contributed by atoms with E-state index in [2.05, 4.69) is 0 Å². The van der Waals surface area contributed by atoms with Gasteiger partial charge in [0.25, 0.3) is 0 Å². The normalized spacial score (nSPS) is 15.2. The maximum Gasteiger partial charge on any atom is 0.138 e. The van der Waals surface area contributed by atoms with E-state index >= 15 is 0 Å². The second kappa shape index (κ2) is 7.04. The van der Waals surface area contributed by atoms with E-state index in [1.807, 2.05) is 62.3 Å². The highest BCUT2D eigenvalue weighted by molar-refractivity contribution is 5.83. The molecule has 0 aromatic rings. The molecule has 0 aliphatic rings. The monoisotopic (exact) mass is 286 g/mol. The zero-order valence-corrected chi connectivity index (χ0v) is 14.9. The summed E-state index contributed by atoms with van der Waals surface area (Å²) in [4.78, 5) is 12.0. The van der Waals surface area contributed by atoms with Gasteiger partial charge >= 0.3 is 0 Å². The van der Waals surface area contributed by atoms with Crippen LogP contribution in [0.25, 0.3) is 0 Å². The minimum Gasteiger partial charge on any atom is -0.373 e. The molecule has 0 aromatic carbocycles. The van der Waals surface area contributed by atoms with Crippen molar-refractivity contribution >= 4 is 5.78 Å². The van der Waals surface area contributed by atoms with Gasteiger partial charge in [-0.25, -0.2) is 0 Å². The molecule has 0 saturated heterocycles. The number of ketones is 1. The first-order valence-electron chi connectivity index (χ1n) is 7.56. The van der Waals surface area contributed by atoms with Gasteiger partial charge in [-0.2, -0.15) is 0 Å². The van der Waals surface area contributed by atoms with E-state index in [0.29, 0.717) is 19.4 Å². The van der Waals surface area contributed by atoms with Crippen LogP contribution in [-0.2, 0) is 14.3 Å². The van der Waals surface area contributed by atoms with Gasteiger partial charge in [-0.3, -0.25) is 4.79 Å². The van der Waals surface area contributed by atoms with Crippen LogP contribution in [0.1, 0.15) is 75.2 Å². The maximum atomic E-state index is 12.0. The average Bonchev–Trinajstić information content (AvgIpc) is 2.17. The summed E-state index contributed by atoms with van der Waals surface area (Å²) in [6.07, 6.45) is 1.21. The van der Waals surface area contributed by atoms with Gasteiger partial charge in [0.15, 0.2) is 0 Å². The molecular formula is C17H34O3. The number of rotatable bonds is 6. The van der Waals surface area contributed by atoms with Crippen molar-refractivity contribution in [2.24, 2.45) is 5.41 Å². The van der Waals surface area contributed by atoms with E-state index in [1.54, 1.807) is 0 Å². The standard InChI is InChI=1S/C17H34O3/c1-15(2,3)14(18)11-10-13(20-17(7,8)9)12-19-16(4,5)6/h13H,10-12H2,1-9H3. The van der Waals surface area contributed by atoms with Gasteiger partial charge in [0.05, 0.1) is 23.9 Å². The highest BCUT2D eigenvalue weighted by Gasteiger charge is 2.25. The van der Waals surface area contributed by atoms with E-state index in [-0.39, 0.29) is 28.5 Å². The number of ether oxygens (including phenoxy) is 2. The Morgan fingerprint density at radius 3 is 1.75 bits per heavy atom. The Morgan fingerprint density at radius 2 is 1.40 bits per heavy atom. The zero-order valence-electron chi connectivity index (χ0n) is 14.9. The number of carbonyl (C=O) groups is 1. The number of hydrogen-bond acceptors (Lipinski definition) is 3. The number of carbonyl (C=O) groups excluding carboxylic acids is 1. The molecule has 0 rings (SSSR count). The van der Waals surface area contributed by atoms with Gasteiger partial charge in [0.1, 0.15) is 5.78 Å². The molecule has 3 nitrogen and oxygen atoms in total. The summed E-state index contributed by atoms with van der Waals surface area (Å²) in [5.41, 5.74) is -0.693. The van der Waals surface area contributed by atoms with Crippen LogP contribution in [0.5, 0.6) is 0 Å². The second-order valence-corrected chi connectivity index (χ2v) is 8.49. The second-order valence-electron chi connectivity index (χ2n) is 8.49. The van der Waals surface area contributed by atoms with Crippen LogP contribution in [0.4, 0.5) is 0 Å². The Balaban J connectivity index is 4.51. The van der Waals surface area contributed by atoms with E-state index in [4.69, 9.17) is 9.47 Å². The quantitative estimate of drug-likeness (QED) is 0.727. The van der Waals surface area contributed by atoms with Gasteiger partial charge in [0, 0.05) is 11.8 Å². The third-order valence-corrected chi connectivity index (χ3v) is 2.75. The predicted octanol–water partition coefficient (Wildman–Crippen LogP) is 4.38. The Labute approximate surface area is 125 Å². The lowest BCUT2D eigenvalue weighted by atomic mass is 9.87. The summed E-state index contributed by atoms with van der Waals surface area (Å²) < 4.78 is 11.8. The third-order valence-electron chi connectivity index (χ3n) is 2.75. The summed E-state index contributed by atoms with van der Waals surface area (Å²) in [7, 11) is 0. The van der Waals surface area contributed by atoms with Crippen molar-refractivity contribution in [3.63, 3.8) is 0 Å². The van der Waals surface area contributed by atoms with Crippen LogP contribution in [0.3, 0.4) is 0 Å².